The van der Waals surface area contributed by atoms with Gasteiger partial charge in [0.05, 0.1) is 0 Å². The summed E-state index contributed by atoms with van der Waals surface area (Å²) in [4.78, 5) is -0.204. The number of rotatable bonds is 6. The van der Waals surface area contributed by atoms with Crippen LogP contribution in [0, 0.1) is 5.82 Å². The first kappa shape index (κ1) is 16.7. The van der Waals surface area contributed by atoms with E-state index >= 15 is 0 Å². The topological polar surface area (TPSA) is 49.4 Å². The maximum Gasteiger partial charge on any atom is 0.246 e. The molecule has 1 aliphatic heterocycles. The second kappa shape index (κ2) is 7.58. The Labute approximate surface area is 130 Å². The van der Waals surface area contributed by atoms with E-state index in [9.17, 15) is 12.8 Å². The summed E-state index contributed by atoms with van der Waals surface area (Å²) in [7, 11) is -3.73. The average Bonchev–Trinajstić information content (AvgIpc) is 2.50. The predicted molar refractivity (Wildman–Crippen MR) is 84.5 cm³/mol. The van der Waals surface area contributed by atoms with E-state index in [1.807, 2.05) is 0 Å². The van der Waals surface area contributed by atoms with Crippen molar-refractivity contribution in [2.24, 2.45) is 0 Å². The van der Waals surface area contributed by atoms with Crippen molar-refractivity contribution < 1.29 is 12.8 Å². The van der Waals surface area contributed by atoms with Gasteiger partial charge >= 0.3 is 0 Å². The number of sulfonamides is 1. The van der Waals surface area contributed by atoms with Gasteiger partial charge in [0.2, 0.25) is 10.0 Å². The van der Waals surface area contributed by atoms with Gasteiger partial charge in [-0.2, -0.15) is 16.1 Å². The first-order valence-corrected chi connectivity index (χ1v) is 9.72. The molecule has 0 atom stereocenters. The van der Waals surface area contributed by atoms with Gasteiger partial charge in [0.25, 0.3) is 0 Å². The highest BCUT2D eigenvalue weighted by molar-refractivity contribution is 7.99. The highest BCUT2D eigenvalue weighted by Crippen LogP contribution is 2.23. The third kappa shape index (κ3) is 4.18. The van der Waals surface area contributed by atoms with Gasteiger partial charge in [-0.15, -0.1) is 0 Å². The van der Waals surface area contributed by atoms with E-state index in [2.05, 4.69) is 12.2 Å². The van der Waals surface area contributed by atoms with Crippen molar-refractivity contribution in [2.45, 2.75) is 24.8 Å². The molecule has 118 valence electrons. The normalized spacial score (nSPS) is 17.0. The predicted octanol–water partition coefficient (Wildman–Crippen LogP) is 2.06. The molecular weight excluding hydrogens is 311 g/mol. The molecule has 2 rings (SSSR count). The number of thioether (sulfide) groups is 1. The minimum Gasteiger partial charge on any atom is -0.313 e. The summed E-state index contributed by atoms with van der Waals surface area (Å²) in [5, 5.41) is 3.19. The summed E-state index contributed by atoms with van der Waals surface area (Å²) in [6, 6.07) is 4.33. The number of hydrogen-bond acceptors (Lipinski definition) is 4. The first-order chi connectivity index (χ1) is 10.1. The van der Waals surface area contributed by atoms with Gasteiger partial charge in [0, 0.05) is 31.1 Å². The summed E-state index contributed by atoms with van der Waals surface area (Å²) in [6.45, 7) is 4.35. The highest BCUT2D eigenvalue weighted by Gasteiger charge is 2.28. The molecule has 0 saturated carbocycles. The minimum atomic E-state index is -3.73. The van der Waals surface area contributed by atoms with Crippen LogP contribution in [0.3, 0.4) is 0 Å². The number of nitrogens with zero attached hydrogens (tertiary/aromatic N) is 1. The van der Waals surface area contributed by atoms with E-state index in [0.717, 1.165) is 30.0 Å². The quantitative estimate of drug-likeness (QED) is 0.810. The van der Waals surface area contributed by atoms with Crippen molar-refractivity contribution in [3.05, 3.63) is 29.6 Å². The molecule has 0 radical (unpaired) electrons. The molecule has 0 aliphatic carbocycles. The van der Waals surface area contributed by atoms with Gasteiger partial charge in [0.1, 0.15) is 10.7 Å². The van der Waals surface area contributed by atoms with Crippen molar-refractivity contribution in [1.29, 1.82) is 0 Å². The third-order valence-corrected chi connectivity index (χ3v) is 6.20. The third-order valence-electron chi connectivity index (χ3n) is 3.34. The van der Waals surface area contributed by atoms with Gasteiger partial charge in [-0.3, -0.25) is 0 Å². The van der Waals surface area contributed by atoms with Crippen molar-refractivity contribution in [3.8, 4) is 0 Å². The van der Waals surface area contributed by atoms with Gasteiger partial charge < -0.3 is 5.32 Å². The van der Waals surface area contributed by atoms with Crippen molar-refractivity contribution >= 4 is 21.8 Å². The standard InChI is InChI=1S/C14H21FN2O2S2/c1-2-5-16-11-12-3-4-13(15)14(10-12)21(18,19)17-6-8-20-9-7-17/h3-4,10,16H,2,5-9,11H2,1H3. The molecule has 7 heteroatoms. The molecule has 0 aromatic heterocycles. The zero-order valence-corrected chi connectivity index (χ0v) is 13.8. The molecule has 0 unspecified atom stereocenters. The van der Waals surface area contributed by atoms with Gasteiger partial charge in [0.15, 0.2) is 0 Å². The van der Waals surface area contributed by atoms with Crippen LogP contribution in [0.25, 0.3) is 0 Å². The van der Waals surface area contributed by atoms with Crippen LogP contribution in [0.5, 0.6) is 0 Å². The fraction of sp³-hybridized carbons (Fsp3) is 0.571. The Morgan fingerprint density at radius 3 is 2.71 bits per heavy atom. The lowest BCUT2D eigenvalue weighted by Gasteiger charge is -2.26. The van der Waals surface area contributed by atoms with Gasteiger partial charge in [-0.1, -0.05) is 13.0 Å². The summed E-state index contributed by atoms with van der Waals surface area (Å²) >= 11 is 1.72. The molecule has 1 aromatic rings. The maximum absolute atomic E-state index is 14.0. The first-order valence-electron chi connectivity index (χ1n) is 7.12. The molecular formula is C14H21FN2O2S2. The smallest absolute Gasteiger partial charge is 0.246 e. The van der Waals surface area contributed by atoms with E-state index in [-0.39, 0.29) is 4.90 Å². The summed E-state index contributed by atoms with van der Waals surface area (Å²) < 4.78 is 40.5. The van der Waals surface area contributed by atoms with Crippen molar-refractivity contribution in [2.75, 3.05) is 31.1 Å². The van der Waals surface area contributed by atoms with Crippen molar-refractivity contribution in [1.82, 2.24) is 9.62 Å². The Morgan fingerprint density at radius 2 is 2.05 bits per heavy atom. The Balaban J connectivity index is 2.22. The zero-order valence-electron chi connectivity index (χ0n) is 12.1. The van der Waals surface area contributed by atoms with E-state index in [1.165, 1.54) is 16.4 Å². The highest BCUT2D eigenvalue weighted by atomic mass is 32.2. The van der Waals surface area contributed by atoms with Crippen LogP contribution >= 0.6 is 11.8 Å². The lowest BCUT2D eigenvalue weighted by atomic mass is 10.2. The van der Waals surface area contributed by atoms with Crippen LogP contribution in [-0.4, -0.2) is 43.9 Å². The summed E-state index contributed by atoms with van der Waals surface area (Å²) in [5.41, 5.74) is 0.787. The van der Waals surface area contributed by atoms with Crippen LogP contribution < -0.4 is 5.32 Å². The molecule has 1 N–H and O–H groups in total. The molecule has 1 saturated heterocycles. The Hall–Kier alpha value is -0.630. The number of benzene rings is 1. The Bertz CT molecular complexity index is 572. The minimum absolute atomic E-state index is 0.204. The fourth-order valence-corrected chi connectivity index (χ4v) is 4.88. The molecule has 1 aromatic carbocycles. The average molecular weight is 332 g/mol. The molecule has 1 aliphatic rings. The summed E-state index contributed by atoms with van der Waals surface area (Å²) in [6.07, 6.45) is 0.998. The second-order valence-electron chi connectivity index (χ2n) is 4.96. The Kier molecular flexibility index (Phi) is 6.04. The van der Waals surface area contributed by atoms with Gasteiger partial charge in [-0.25, -0.2) is 12.8 Å². The lowest BCUT2D eigenvalue weighted by molar-refractivity contribution is 0.438. The van der Waals surface area contributed by atoms with E-state index < -0.39 is 15.8 Å². The molecule has 21 heavy (non-hydrogen) atoms. The number of hydrogen-bond donors (Lipinski definition) is 1. The van der Waals surface area contributed by atoms with Crippen LogP contribution in [-0.2, 0) is 16.6 Å². The van der Waals surface area contributed by atoms with Gasteiger partial charge in [-0.05, 0) is 30.7 Å². The second-order valence-corrected chi connectivity index (χ2v) is 8.09. The SMILES string of the molecule is CCCNCc1ccc(F)c(S(=O)(=O)N2CCSCC2)c1. The molecule has 0 spiro atoms. The molecule has 0 amide bonds. The molecule has 0 bridgehead atoms. The molecule has 4 nitrogen and oxygen atoms in total. The number of nitrogens with one attached hydrogen (secondary N) is 1. The zero-order chi connectivity index (χ0) is 15.3. The molecule has 1 fully saturated rings. The monoisotopic (exact) mass is 332 g/mol. The van der Waals surface area contributed by atoms with Crippen LogP contribution in [0.4, 0.5) is 4.39 Å². The van der Waals surface area contributed by atoms with E-state index in [1.54, 1.807) is 17.8 Å². The Morgan fingerprint density at radius 1 is 1.33 bits per heavy atom. The van der Waals surface area contributed by atoms with Crippen LogP contribution in [0.15, 0.2) is 23.1 Å². The largest absolute Gasteiger partial charge is 0.313 e. The van der Waals surface area contributed by atoms with Crippen molar-refractivity contribution in [3.63, 3.8) is 0 Å². The van der Waals surface area contributed by atoms with E-state index in [4.69, 9.17) is 0 Å². The lowest BCUT2D eigenvalue weighted by Crippen LogP contribution is -2.38. The number of halogens is 1. The van der Waals surface area contributed by atoms with Crippen LogP contribution in [0.1, 0.15) is 18.9 Å². The molecule has 1 heterocycles. The van der Waals surface area contributed by atoms with E-state index in [0.29, 0.717) is 19.6 Å². The fourth-order valence-electron chi connectivity index (χ4n) is 2.19. The van der Waals surface area contributed by atoms with Crippen LogP contribution in [0.2, 0.25) is 0 Å². The summed E-state index contributed by atoms with van der Waals surface area (Å²) in [5.74, 6) is 0.851. The maximum atomic E-state index is 14.0.